The first kappa shape index (κ1) is 24.8. The number of nitrogens with one attached hydrogen (secondary N) is 2. The summed E-state index contributed by atoms with van der Waals surface area (Å²) in [6.45, 7) is 1.11. The van der Waals surface area contributed by atoms with Crippen LogP contribution in [0, 0.1) is 0 Å². The van der Waals surface area contributed by atoms with E-state index in [9.17, 15) is 34.8 Å². The van der Waals surface area contributed by atoms with Crippen molar-refractivity contribution in [1.29, 1.82) is 0 Å². The molecule has 1 amide bonds. The van der Waals surface area contributed by atoms with Crippen LogP contribution in [0.1, 0.15) is 18.9 Å². The summed E-state index contributed by atoms with van der Waals surface area (Å²) in [6, 6.07) is 9.98. The predicted octanol–water partition coefficient (Wildman–Crippen LogP) is 2.35. The number of hydrogen-bond acceptors (Lipinski definition) is 5. The van der Waals surface area contributed by atoms with Crippen LogP contribution in [0.25, 0.3) is 0 Å². The van der Waals surface area contributed by atoms with E-state index in [4.69, 9.17) is 0 Å². The fraction of sp³-hybridized carbons (Fsp3) is 0.316. The van der Waals surface area contributed by atoms with Gasteiger partial charge in [0.1, 0.15) is 0 Å². The Morgan fingerprint density at radius 3 is 2.16 bits per heavy atom. The number of benzene rings is 2. The summed E-state index contributed by atoms with van der Waals surface area (Å²) in [4.78, 5) is 11.3. The number of amides is 1. The minimum Gasteiger partial charge on any atom is -0.355 e. The van der Waals surface area contributed by atoms with Crippen molar-refractivity contribution in [2.45, 2.75) is 35.4 Å². The number of carbonyl (C=O) groups is 1. The van der Waals surface area contributed by atoms with Gasteiger partial charge in [-0.05, 0) is 37.6 Å². The number of hydrogen-bond donors (Lipinski definition) is 2. The van der Waals surface area contributed by atoms with Crippen molar-refractivity contribution in [1.82, 2.24) is 10.0 Å². The quantitative estimate of drug-likeness (QED) is 0.538. The highest BCUT2D eigenvalue weighted by atomic mass is 32.2. The maximum atomic E-state index is 13.1. The van der Waals surface area contributed by atoms with Crippen molar-refractivity contribution in [2.24, 2.45) is 0 Å². The molecule has 31 heavy (non-hydrogen) atoms. The molecule has 12 heteroatoms. The zero-order chi connectivity index (χ0) is 23.3. The fourth-order valence-electron chi connectivity index (χ4n) is 2.66. The van der Waals surface area contributed by atoms with Crippen LogP contribution in [0.4, 0.5) is 13.2 Å². The third-order valence-electron chi connectivity index (χ3n) is 4.20. The molecule has 0 fully saturated rings. The van der Waals surface area contributed by atoms with Gasteiger partial charge in [0.15, 0.2) is 9.84 Å². The van der Waals surface area contributed by atoms with E-state index in [2.05, 4.69) is 5.32 Å². The van der Waals surface area contributed by atoms with Crippen LogP contribution in [-0.4, -0.2) is 41.1 Å². The Hall–Kier alpha value is -2.44. The van der Waals surface area contributed by atoms with Crippen LogP contribution in [0.15, 0.2) is 64.4 Å². The van der Waals surface area contributed by atoms with Gasteiger partial charge in [-0.3, -0.25) is 4.79 Å². The summed E-state index contributed by atoms with van der Waals surface area (Å²) in [6.07, 6.45) is -4.82. The van der Waals surface area contributed by atoms with Crippen LogP contribution in [0.5, 0.6) is 0 Å². The highest BCUT2D eigenvalue weighted by molar-refractivity contribution is 7.91. The lowest BCUT2D eigenvalue weighted by Crippen LogP contribution is -2.45. The Morgan fingerprint density at radius 1 is 0.968 bits per heavy atom. The molecule has 0 aliphatic heterocycles. The van der Waals surface area contributed by atoms with Crippen LogP contribution >= 0.6 is 0 Å². The number of alkyl halides is 3. The van der Waals surface area contributed by atoms with E-state index in [-0.39, 0.29) is 23.6 Å². The third kappa shape index (κ3) is 6.77. The third-order valence-corrected chi connectivity index (χ3v) is 7.61. The van der Waals surface area contributed by atoms with Gasteiger partial charge in [-0.15, -0.1) is 0 Å². The molecule has 0 saturated carbocycles. The Labute approximate surface area is 178 Å². The van der Waals surface area contributed by atoms with Crippen LogP contribution in [-0.2, 0) is 30.8 Å². The highest BCUT2D eigenvalue weighted by Crippen LogP contribution is 2.33. The topological polar surface area (TPSA) is 109 Å². The Morgan fingerprint density at radius 2 is 1.55 bits per heavy atom. The Kier molecular flexibility index (Phi) is 7.84. The molecule has 0 spiro atoms. The maximum absolute atomic E-state index is 13.1. The minimum absolute atomic E-state index is 0.0594. The van der Waals surface area contributed by atoms with Crippen molar-refractivity contribution in [2.75, 3.05) is 12.3 Å². The molecule has 0 aliphatic carbocycles. The molecule has 0 unspecified atom stereocenters. The normalized spacial score (nSPS) is 13.5. The first-order chi connectivity index (χ1) is 14.3. The van der Waals surface area contributed by atoms with E-state index < -0.39 is 48.4 Å². The van der Waals surface area contributed by atoms with Gasteiger partial charge >= 0.3 is 6.18 Å². The lowest BCUT2D eigenvalue weighted by atomic mass is 10.2. The average molecular weight is 479 g/mol. The molecule has 0 saturated heterocycles. The van der Waals surface area contributed by atoms with Crippen LogP contribution in [0.3, 0.4) is 0 Å². The summed E-state index contributed by atoms with van der Waals surface area (Å²) in [5, 5.41) is 2.37. The predicted molar refractivity (Wildman–Crippen MR) is 107 cm³/mol. The lowest BCUT2D eigenvalue weighted by molar-refractivity contribution is -0.139. The number of sulfone groups is 1. The lowest BCUT2D eigenvalue weighted by Gasteiger charge is -2.17. The standard InChI is InChI=1S/C19H21F3N2O5S2/c1-14(24-31(28,29)17-11-6-5-10-16(17)19(20,21)22)18(25)23-12-7-13-30(26,27)15-8-3-2-4-9-15/h2-6,8-11,14,24H,7,12-13H2,1H3,(H,23,25)/t14-/m0/s1. The van der Waals surface area contributed by atoms with E-state index in [0.717, 1.165) is 18.2 Å². The summed E-state index contributed by atoms with van der Waals surface area (Å²) >= 11 is 0. The van der Waals surface area contributed by atoms with Gasteiger partial charge in [0, 0.05) is 6.54 Å². The minimum atomic E-state index is -4.89. The smallest absolute Gasteiger partial charge is 0.355 e. The van der Waals surface area contributed by atoms with Gasteiger partial charge in [-0.1, -0.05) is 30.3 Å². The molecular weight excluding hydrogens is 457 g/mol. The zero-order valence-corrected chi connectivity index (χ0v) is 18.0. The summed E-state index contributed by atoms with van der Waals surface area (Å²) in [5.74, 6) is -1.04. The number of carbonyl (C=O) groups excluding carboxylic acids is 1. The second-order valence-corrected chi connectivity index (χ2v) is 10.4. The molecule has 0 bridgehead atoms. The maximum Gasteiger partial charge on any atom is 0.417 e. The first-order valence-corrected chi connectivity index (χ1v) is 12.2. The first-order valence-electron chi connectivity index (χ1n) is 9.09. The molecule has 170 valence electrons. The summed E-state index contributed by atoms with van der Waals surface area (Å²) < 4.78 is 90.2. The van der Waals surface area contributed by atoms with E-state index in [1.807, 2.05) is 4.72 Å². The SMILES string of the molecule is C[C@H](NS(=O)(=O)c1ccccc1C(F)(F)F)C(=O)NCCCS(=O)(=O)c1ccccc1. The molecule has 0 heterocycles. The van der Waals surface area contributed by atoms with Gasteiger partial charge < -0.3 is 5.32 Å². The molecule has 0 aliphatic rings. The van der Waals surface area contributed by atoms with Crippen LogP contribution < -0.4 is 10.0 Å². The van der Waals surface area contributed by atoms with E-state index in [1.165, 1.54) is 19.1 Å². The van der Waals surface area contributed by atoms with Crippen molar-refractivity contribution in [3.8, 4) is 0 Å². The van der Waals surface area contributed by atoms with E-state index in [1.54, 1.807) is 18.2 Å². The van der Waals surface area contributed by atoms with Gasteiger partial charge in [-0.25, -0.2) is 16.8 Å². The zero-order valence-electron chi connectivity index (χ0n) is 16.4. The molecule has 2 aromatic carbocycles. The molecule has 2 N–H and O–H groups in total. The second kappa shape index (κ2) is 9.79. The number of sulfonamides is 1. The van der Waals surface area contributed by atoms with Gasteiger partial charge in [-0.2, -0.15) is 17.9 Å². The van der Waals surface area contributed by atoms with Crippen molar-refractivity contribution in [3.63, 3.8) is 0 Å². The molecule has 0 aromatic heterocycles. The Balaban J connectivity index is 1.94. The van der Waals surface area contributed by atoms with Crippen molar-refractivity contribution in [3.05, 3.63) is 60.2 Å². The van der Waals surface area contributed by atoms with E-state index >= 15 is 0 Å². The number of halogens is 3. The van der Waals surface area contributed by atoms with E-state index in [0.29, 0.717) is 6.07 Å². The van der Waals surface area contributed by atoms with Crippen LogP contribution in [0.2, 0.25) is 0 Å². The second-order valence-electron chi connectivity index (χ2n) is 6.61. The van der Waals surface area contributed by atoms with Crippen molar-refractivity contribution >= 4 is 25.8 Å². The summed E-state index contributed by atoms with van der Waals surface area (Å²) in [5.41, 5.74) is -1.35. The van der Waals surface area contributed by atoms with Gasteiger partial charge in [0.25, 0.3) is 0 Å². The van der Waals surface area contributed by atoms with Crippen molar-refractivity contribution < 1.29 is 34.8 Å². The summed E-state index contributed by atoms with van der Waals surface area (Å²) in [7, 11) is -8.17. The monoisotopic (exact) mass is 478 g/mol. The van der Waals surface area contributed by atoms with Gasteiger partial charge in [0.2, 0.25) is 15.9 Å². The highest BCUT2D eigenvalue weighted by Gasteiger charge is 2.37. The molecule has 0 radical (unpaired) electrons. The fourth-order valence-corrected chi connectivity index (χ4v) is 5.42. The average Bonchev–Trinajstić information content (AvgIpc) is 2.70. The Bertz CT molecular complexity index is 1120. The largest absolute Gasteiger partial charge is 0.417 e. The van der Waals surface area contributed by atoms with Gasteiger partial charge in [0.05, 0.1) is 27.1 Å². The number of rotatable bonds is 9. The molecule has 2 aromatic rings. The molecular formula is C19H21F3N2O5S2. The molecule has 7 nitrogen and oxygen atoms in total. The molecule has 2 rings (SSSR count). The molecule has 1 atom stereocenters.